The Labute approximate surface area is 103 Å². The van der Waals surface area contributed by atoms with Crippen LogP contribution in [0.4, 0.5) is 0 Å². The predicted octanol–water partition coefficient (Wildman–Crippen LogP) is 1.26. The summed E-state index contributed by atoms with van der Waals surface area (Å²) in [5.41, 5.74) is 0. The first-order valence-corrected chi connectivity index (χ1v) is 6.69. The van der Waals surface area contributed by atoms with Crippen LogP contribution >= 0.6 is 0 Å². The molecule has 0 radical (unpaired) electrons. The second-order valence-electron chi connectivity index (χ2n) is 5.21. The zero-order valence-corrected chi connectivity index (χ0v) is 10.8. The van der Waals surface area contributed by atoms with Crippen LogP contribution in [-0.2, 0) is 9.59 Å². The minimum Gasteiger partial charge on any atom is -0.341 e. The summed E-state index contributed by atoms with van der Waals surface area (Å²) < 4.78 is 0. The topological polar surface area (TPSA) is 40.6 Å². The maximum Gasteiger partial charge on any atom is 0.229 e. The van der Waals surface area contributed by atoms with Crippen molar-refractivity contribution in [1.82, 2.24) is 9.80 Å². The zero-order valence-electron chi connectivity index (χ0n) is 10.8. The quantitative estimate of drug-likeness (QED) is 0.726. The summed E-state index contributed by atoms with van der Waals surface area (Å²) >= 11 is 0. The monoisotopic (exact) mass is 238 g/mol. The summed E-state index contributed by atoms with van der Waals surface area (Å²) in [5.74, 6) is 0.417. The zero-order chi connectivity index (χ0) is 12.4. The largest absolute Gasteiger partial charge is 0.341 e. The molecule has 2 fully saturated rings. The predicted molar refractivity (Wildman–Crippen MR) is 65.4 cm³/mol. The van der Waals surface area contributed by atoms with Gasteiger partial charge in [-0.15, -0.1) is 0 Å². The summed E-state index contributed by atoms with van der Waals surface area (Å²) in [7, 11) is 0. The van der Waals surface area contributed by atoms with Gasteiger partial charge in [-0.2, -0.15) is 0 Å². The molecule has 0 bridgehead atoms. The molecule has 2 amide bonds. The number of hydrogen-bond acceptors (Lipinski definition) is 2. The molecule has 2 heterocycles. The summed E-state index contributed by atoms with van der Waals surface area (Å²) in [4.78, 5) is 27.2. The van der Waals surface area contributed by atoms with Crippen molar-refractivity contribution in [3.05, 3.63) is 0 Å². The van der Waals surface area contributed by atoms with E-state index < -0.39 is 0 Å². The molecule has 4 nitrogen and oxygen atoms in total. The SMILES string of the molecule is CCC1CCCCN1C(=O)C1CN(C(C)=O)C1. The number of amides is 2. The van der Waals surface area contributed by atoms with Crippen LogP contribution in [0.2, 0.25) is 0 Å². The van der Waals surface area contributed by atoms with Gasteiger partial charge in [0, 0.05) is 32.6 Å². The fraction of sp³-hybridized carbons (Fsp3) is 0.846. The molecule has 0 saturated carbocycles. The van der Waals surface area contributed by atoms with Gasteiger partial charge < -0.3 is 9.80 Å². The highest BCUT2D eigenvalue weighted by Crippen LogP contribution is 2.25. The van der Waals surface area contributed by atoms with Gasteiger partial charge in [-0.3, -0.25) is 9.59 Å². The molecule has 0 aromatic heterocycles. The Kier molecular flexibility index (Phi) is 3.69. The van der Waals surface area contributed by atoms with Crippen LogP contribution in [0.25, 0.3) is 0 Å². The van der Waals surface area contributed by atoms with E-state index in [1.54, 1.807) is 11.8 Å². The molecule has 96 valence electrons. The fourth-order valence-electron chi connectivity index (χ4n) is 2.84. The standard InChI is InChI=1S/C13H22N2O2/c1-3-12-6-4-5-7-15(12)13(17)11-8-14(9-11)10(2)16/h11-12H,3-9H2,1-2H3. The Morgan fingerprint density at radius 1 is 1.24 bits per heavy atom. The molecule has 2 aliphatic heterocycles. The van der Waals surface area contributed by atoms with Gasteiger partial charge in [-0.1, -0.05) is 6.92 Å². The molecule has 2 aliphatic rings. The highest BCUT2D eigenvalue weighted by atomic mass is 16.2. The molecule has 1 unspecified atom stereocenters. The summed E-state index contributed by atoms with van der Waals surface area (Å²) in [6.45, 7) is 5.88. The molecule has 0 N–H and O–H groups in total. The Hall–Kier alpha value is -1.06. The van der Waals surface area contributed by atoms with Gasteiger partial charge in [0.05, 0.1) is 5.92 Å². The van der Waals surface area contributed by atoms with Gasteiger partial charge in [0.1, 0.15) is 0 Å². The van der Waals surface area contributed by atoms with Crippen molar-refractivity contribution in [2.75, 3.05) is 19.6 Å². The number of carbonyl (C=O) groups is 2. The van der Waals surface area contributed by atoms with Crippen molar-refractivity contribution in [3.63, 3.8) is 0 Å². The average molecular weight is 238 g/mol. The maximum atomic E-state index is 12.3. The van der Waals surface area contributed by atoms with E-state index in [2.05, 4.69) is 11.8 Å². The van der Waals surface area contributed by atoms with Crippen LogP contribution in [0.3, 0.4) is 0 Å². The van der Waals surface area contributed by atoms with Gasteiger partial charge in [0.15, 0.2) is 0 Å². The third-order valence-electron chi connectivity index (χ3n) is 4.06. The average Bonchev–Trinajstić information content (AvgIpc) is 2.26. The third-order valence-corrected chi connectivity index (χ3v) is 4.06. The molecule has 0 aromatic carbocycles. The Morgan fingerprint density at radius 2 is 1.94 bits per heavy atom. The van der Waals surface area contributed by atoms with Gasteiger partial charge in [-0.25, -0.2) is 0 Å². The van der Waals surface area contributed by atoms with E-state index in [1.165, 1.54) is 6.42 Å². The van der Waals surface area contributed by atoms with Crippen molar-refractivity contribution in [1.29, 1.82) is 0 Å². The highest BCUT2D eigenvalue weighted by Gasteiger charge is 2.38. The molecular formula is C13H22N2O2. The smallest absolute Gasteiger partial charge is 0.229 e. The second kappa shape index (κ2) is 5.07. The number of hydrogen-bond donors (Lipinski definition) is 0. The molecule has 1 atom stereocenters. The Balaban J connectivity index is 1.89. The lowest BCUT2D eigenvalue weighted by Crippen LogP contribution is -2.58. The fourth-order valence-corrected chi connectivity index (χ4v) is 2.84. The number of likely N-dealkylation sites (tertiary alicyclic amines) is 2. The van der Waals surface area contributed by atoms with E-state index in [0.717, 1.165) is 25.8 Å². The first kappa shape index (κ1) is 12.4. The lowest BCUT2D eigenvalue weighted by atomic mass is 9.93. The second-order valence-corrected chi connectivity index (χ2v) is 5.21. The minimum atomic E-state index is 0.0612. The maximum absolute atomic E-state index is 12.3. The highest BCUT2D eigenvalue weighted by molar-refractivity contribution is 5.84. The molecule has 0 spiro atoms. The van der Waals surface area contributed by atoms with Crippen LogP contribution in [-0.4, -0.2) is 47.3 Å². The van der Waals surface area contributed by atoms with Crippen molar-refractivity contribution < 1.29 is 9.59 Å². The van der Waals surface area contributed by atoms with Crippen LogP contribution in [0.5, 0.6) is 0 Å². The molecule has 17 heavy (non-hydrogen) atoms. The van der Waals surface area contributed by atoms with E-state index in [1.807, 2.05) is 0 Å². The lowest BCUT2D eigenvalue weighted by Gasteiger charge is -2.43. The summed E-state index contributed by atoms with van der Waals surface area (Å²) in [6.07, 6.45) is 4.57. The van der Waals surface area contributed by atoms with E-state index in [4.69, 9.17) is 0 Å². The Morgan fingerprint density at radius 3 is 2.53 bits per heavy atom. The molecule has 0 aromatic rings. The molecule has 0 aliphatic carbocycles. The Bertz CT molecular complexity index is 311. The molecule has 2 rings (SSSR count). The number of carbonyl (C=O) groups excluding carboxylic acids is 2. The summed E-state index contributed by atoms with van der Waals surface area (Å²) in [6, 6.07) is 0.433. The van der Waals surface area contributed by atoms with E-state index in [0.29, 0.717) is 19.1 Å². The molecular weight excluding hydrogens is 216 g/mol. The van der Waals surface area contributed by atoms with Crippen LogP contribution in [0.1, 0.15) is 39.5 Å². The van der Waals surface area contributed by atoms with E-state index >= 15 is 0 Å². The van der Waals surface area contributed by atoms with Crippen molar-refractivity contribution in [2.45, 2.75) is 45.6 Å². The van der Waals surface area contributed by atoms with Crippen molar-refractivity contribution in [2.24, 2.45) is 5.92 Å². The van der Waals surface area contributed by atoms with Crippen LogP contribution in [0.15, 0.2) is 0 Å². The summed E-state index contributed by atoms with van der Waals surface area (Å²) in [5, 5.41) is 0. The normalized spacial score (nSPS) is 25.6. The lowest BCUT2D eigenvalue weighted by molar-refractivity contribution is -0.150. The molecule has 4 heteroatoms. The van der Waals surface area contributed by atoms with Gasteiger partial charge >= 0.3 is 0 Å². The van der Waals surface area contributed by atoms with Crippen LogP contribution < -0.4 is 0 Å². The number of rotatable bonds is 2. The molecule has 2 saturated heterocycles. The first-order chi connectivity index (χ1) is 8.13. The van der Waals surface area contributed by atoms with Gasteiger partial charge in [0.2, 0.25) is 11.8 Å². The van der Waals surface area contributed by atoms with Crippen molar-refractivity contribution >= 4 is 11.8 Å². The van der Waals surface area contributed by atoms with Gasteiger partial charge in [-0.05, 0) is 25.7 Å². The minimum absolute atomic E-state index is 0.0612. The van der Waals surface area contributed by atoms with Crippen molar-refractivity contribution in [3.8, 4) is 0 Å². The van der Waals surface area contributed by atoms with E-state index in [-0.39, 0.29) is 17.7 Å². The first-order valence-electron chi connectivity index (χ1n) is 6.69. The number of piperidine rings is 1. The van der Waals surface area contributed by atoms with Gasteiger partial charge in [0.25, 0.3) is 0 Å². The number of nitrogens with zero attached hydrogens (tertiary/aromatic N) is 2. The third kappa shape index (κ3) is 2.45. The van der Waals surface area contributed by atoms with Crippen LogP contribution in [0, 0.1) is 5.92 Å². The van der Waals surface area contributed by atoms with E-state index in [9.17, 15) is 9.59 Å².